The number of aryl methyl sites for hydroxylation is 2. The zero-order valence-electron chi connectivity index (χ0n) is 13.8. The van der Waals surface area contributed by atoms with Crippen LogP contribution < -0.4 is 5.32 Å². The number of rotatable bonds is 4. The lowest BCUT2D eigenvalue weighted by Gasteiger charge is -2.25. The molecule has 1 aliphatic heterocycles. The Labute approximate surface area is 144 Å². The van der Waals surface area contributed by atoms with E-state index in [9.17, 15) is 4.79 Å². The Morgan fingerprint density at radius 2 is 2.32 bits per heavy atom. The van der Waals surface area contributed by atoms with Crippen LogP contribution in [0.4, 0.5) is 0 Å². The van der Waals surface area contributed by atoms with Gasteiger partial charge < -0.3 is 9.88 Å². The van der Waals surface area contributed by atoms with Crippen molar-refractivity contribution in [3.05, 3.63) is 48.2 Å². The molecule has 1 amide bonds. The van der Waals surface area contributed by atoms with Crippen molar-refractivity contribution in [2.75, 3.05) is 0 Å². The average Bonchev–Trinajstić information content (AvgIpc) is 3.31. The number of hydrogen-bond donors (Lipinski definition) is 1. The lowest BCUT2D eigenvalue weighted by atomic mass is 10.1. The summed E-state index contributed by atoms with van der Waals surface area (Å²) in [5, 5.41) is 15.6. The first-order chi connectivity index (χ1) is 12.2. The molecule has 4 heterocycles. The van der Waals surface area contributed by atoms with E-state index < -0.39 is 0 Å². The summed E-state index contributed by atoms with van der Waals surface area (Å²) in [4.78, 5) is 20.7. The molecule has 0 aliphatic carbocycles. The Balaban J connectivity index is 1.49. The van der Waals surface area contributed by atoms with E-state index in [2.05, 4.69) is 42.1 Å². The molecule has 9 nitrogen and oxygen atoms in total. The third-order valence-electron chi connectivity index (χ3n) is 4.34. The second-order valence-corrected chi connectivity index (χ2v) is 5.95. The monoisotopic (exact) mass is 338 g/mol. The molecule has 0 spiro atoms. The van der Waals surface area contributed by atoms with E-state index in [1.807, 2.05) is 0 Å². The fraction of sp³-hybridized carbons (Fsp3) is 0.375. The van der Waals surface area contributed by atoms with Crippen LogP contribution in [0.5, 0.6) is 0 Å². The largest absolute Gasteiger partial charge is 0.347 e. The molecule has 3 aromatic heterocycles. The number of pyridine rings is 1. The van der Waals surface area contributed by atoms with E-state index >= 15 is 0 Å². The van der Waals surface area contributed by atoms with E-state index in [-0.39, 0.29) is 11.9 Å². The number of nitrogens with one attached hydrogen (secondary N) is 1. The van der Waals surface area contributed by atoms with Crippen molar-refractivity contribution in [2.24, 2.45) is 0 Å². The highest BCUT2D eigenvalue weighted by Crippen LogP contribution is 2.16. The normalized spacial score (nSPS) is 16.4. The molecule has 1 aliphatic rings. The summed E-state index contributed by atoms with van der Waals surface area (Å²) in [5.41, 5.74) is 0.547. The number of carbonyl (C=O) groups is 1. The SMILES string of the molecule is CCc1nnc2n1C[C@@H](NC(=O)c1ccnc(-n3cncn3)c1)CC2. The van der Waals surface area contributed by atoms with Crippen LogP contribution in [0.2, 0.25) is 0 Å². The second kappa shape index (κ2) is 6.42. The third kappa shape index (κ3) is 3.00. The molecule has 1 N–H and O–H groups in total. The summed E-state index contributed by atoms with van der Waals surface area (Å²) in [6.45, 7) is 2.76. The highest BCUT2D eigenvalue weighted by atomic mass is 16.1. The first kappa shape index (κ1) is 15.4. The molecule has 0 fully saturated rings. The minimum Gasteiger partial charge on any atom is -0.347 e. The summed E-state index contributed by atoms with van der Waals surface area (Å²) in [6, 6.07) is 3.46. The van der Waals surface area contributed by atoms with Crippen LogP contribution in [0.1, 0.15) is 35.4 Å². The number of nitrogens with zero attached hydrogens (tertiary/aromatic N) is 7. The maximum absolute atomic E-state index is 12.6. The van der Waals surface area contributed by atoms with Crippen LogP contribution in [-0.2, 0) is 19.4 Å². The van der Waals surface area contributed by atoms with Gasteiger partial charge in [0.15, 0.2) is 5.82 Å². The van der Waals surface area contributed by atoms with Crippen LogP contribution >= 0.6 is 0 Å². The van der Waals surface area contributed by atoms with Crippen molar-refractivity contribution >= 4 is 5.91 Å². The Bertz CT molecular complexity index is 872. The van der Waals surface area contributed by atoms with Crippen LogP contribution in [0, 0.1) is 0 Å². The molecule has 0 saturated heterocycles. The molecule has 4 rings (SSSR count). The van der Waals surface area contributed by atoms with Crippen molar-refractivity contribution in [1.29, 1.82) is 0 Å². The van der Waals surface area contributed by atoms with E-state index in [1.165, 1.54) is 11.0 Å². The molecule has 0 bridgehead atoms. The molecule has 1 atom stereocenters. The number of amides is 1. The molecular weight excluding hydrogens is 320 g/mol. The average molecular weight is 338 g/mol. The number of fused-ring (bicyclic) bond motifs is 1. The third-order valence-corrected chi connectivity index (χ3v) is 4.34. The minimum absolute atomic E-state index is 0.0595. The molecule has 25 heavy (non-hydrogen) atoms. The Morgan fingerprint density at radius 1 is 1.40 bits per heavy atom. The second-order valence-electron chi connectivity index (χ2n) is 5.95. The van der Waals surface area contributed by atoms with Gasteiger partial charge in [0, 0.05) is 37.2 Å². The van der Waals surface area contributed by atoms with Gasteiger partial charge in [0.1, 0.15) is 24.3 Å². The predicted molar refractivity (Wildman–Crippen MR) is 88.1 cm³/mol. The van der Waals surface area contributed by atoms with Gasteiger partial charge in [0.2, 0.25) is 0 Å². The summed E-state index contributed by atoms with van der Waals surface area (Å²) in [6.07, 6.45) is 7.08. The topological polar surface area (TPSA) is 103 Å². The fourth-order valence-corrected chi connectivity index (χ4v) is 3.04. The van der Waals surface area contributed by atoms with Gasteiger partial charge in [0.05, 0.1) is 0 Å². The maximum atomic E-state index is 12.6. The first-order valence-electron chi connectivity index (χ1n) is 8.27. The van der Waals surface area contributed by atoms with Gasteiger partial charge in [-0.15, -0.1) is 10.2 Å². The van der Waals surface area contributed by atoms with Gasteiger partial charge in [-0.25, -0.2) is 14.6 Å². The van der Waals surface area contributed by atoms with Gasteiger partial charge in [0.25, 0.3) is 5.91 Å². The molecule has 3 aromatic rings. The molecule has 128 valence electrons. The number of carbonyl (C=O) groups excluding carboxylic acids is 1. The van der Waals surface area contributed by atoms with Crippen LogP contribution in [0.3, 0.4) is 0 Å². The van der Waals surface area contributed by atoms with Gasteiger partial charge in [-0.2, -0.15) is 5.10 Å². The Kier molecular flexibility index (Phi) is 3.96. The van der Waals surface area contributed by atoms with Crippen molar-refractivity contribution in [1.82, 2.24) is 39.8 Å². The predicted octanol–water partition coefficient (Wildman–Crippen LogP) is 0.561. The minimum atomic E-state index is -0.122. The molecule has 0 saturated carbocycles. The molecule has 0 aromatic carbocycles. The number of hydrogen-bond acceptors (Lipinski definition) is 6. The lowest BCUT2D eigenvalue weighted by Crippen LogP contribution is -2.41. The van der Waals surface area contributed by atoms with Crippen molar-refractivity contribution in [3.8, 4) is 5.82 Å². The number of aromatic nitrogens is 7. The van der Waals surface area contributed by atoms with E-state index in [0.29, 0.717) is 17.9 Å². The quantitative estimate of drug-likeness (QED) is 0.745. The standard InChI is InChI=1S/C16H18N8O/c1-2-13-21-22-14-4-3-12(8-23(13)14)20-16(25)11-5-6-18-15(7-11)24-10-17-9-19-24/h5-7,9-10,12H,2-4,8H2,1H3,(H,20,25)/t12-/m0/s1. The maximum Gasteiger partial charge on any atom is 0.251 e. The van der Waals surface area contributed by atoms with E-state index in [0.717, 1.165) is 30.9 Å². The van der Waals surface area contributed by atoms with Crippen LogP contribution in [-0.4, -0.2) is 46.5 Å². The van der Waals surface area contributed by atoms with Gasteiger partial charge >= 0.3 is 0 Å². The highest BCUT2D eigenvalue weighted by Gasteiger charge is 2.24. The molecule has 9 heteroatoms. The summed E-state index contributed by atoms with van der Waals surface area (Å²) < 4.78 is 3.64. The van der Waals surface area contributed by atoms with Crippen molar-refractivity contribution in [3.63, 3.8) is 0 Å². The highest BCUT2D eigenvalue weighted by molar-refractivity contribution is 5.94. The fourth-order valence-electron chi connectivity index (χ4n) is 3.04. The molecule has 0 radical (unpaired) electrons. The summed E-state index contributed by atoms with van der Waals surface area (Å²) in [5.74, 6) is 2.40. The molecule has 0 unspecified atom stereocenters. The van der Waals surface area contributed by atoms with E-state index in [4.69, 9.17) is 0 Å². The Morgan fingerprint density at radius 3 is 3.12 bits per heavy atom. The van der Waals surface area contributed by atoms with Crippen LogP contribution in [0.25, 0.3) is 5.82 Å². The zero-order chi connectivity index (χ0) is 17.2. The van der Waals surface area contributed by atoms with Crippen molar-refractivity contribution < 1.29 is 4.79 Å². The van der Waals surface area contributed by atoms with Gasteiger partial charge in [-0.05, 0) is 18.6 Å². The summed E-state index contributed by atoms with van der Waals surface area (Å²) >= 11 is 0. The summed E-state index contributed by atoms with van der Waals surface area (Å²) in [7, 11) is 0. The smallest absolute Gasteiger partial charge is 0.251 e. The lowest BCUT2D eigenvalue weighted by molar-refractivity contribution is 0.0927. The first-order valence-corrected chi connectivity index (χ1v) is 8.27. The van der Waals surface area contributed by atoms with Gasteiger partial charge in [-0.1, -0.05) is 6.92 Å². The van der Waals surface area contributed by atoms with Gasteiger partial charge in [-0.3, -0.25) is 4.79 Å². The van der Waals surface area contributed by atoms with E-state index in [1.54, 1.807) is 24.7 Å². The Hall–Kier alpha value is -3.10. The van der Waals surface area contributed by atoms with Crippen molar-refractivity contribution in [2.45, 2.75) is 38.8 Å². The van der Waals surface area contributed by atoms with Crippen LogP contribution in [0.15, 0.2) is 31.0 Å². The zero-order valence-corrected chi connectivity index (χ0v) is 13.8. The molecular formula is C16H18N8O.